The molecule has 0 spiro atoms. The van der Waals surface area contributed by atoms with Crippen LogP contribution in [0, 0.1) is 0 Å². The Balaban J connectivity index is 4.39. The van der Waals surface area contributed by atoms with Crippen LogP contribution >= 0.6 is 0 Å². The Labute approximate surface area is 77.9 Å². The number of hydrogen-bond acceptors (Lipinski definition) is 4. The molecule has 0 radical (unpaired) electrons. The van der Waals surface area contributed by atoms with Crippen molar-refractivity contribution < 1.29 is 17.5 Å². The Morgan fingerprint density at radius 1 is 1.46 bits per heavy atom. The first-order chi connectivity index (χ1) is 5.70. The molecule has 0 saturated carbocycles. The summed E-state index contributed by atoms with van der Waals surface area (Å²) in [6.07, 6.45) is 0.915. The number of nitrogens with one attached hydrogen (secondary N) is 1. The van der Waals surface area contributed by atoms with Crippen LogP contribution in [-0.2, 0) is 19.2 Å². The van der Waals surface area contributed by atoms with Gasteiger partial charge in [0, 0.05) is 0 Å². The van der Waals surface area contributed by atoms with Gasteiger partial charge < -0.3 is 0 Å². The van der Waals surface area contributed by atoms with E-state index in [9.17, 15) is 13.2 Å². The third-order valence-corrected chi connectivity index (χ3v) is 2.99. The molecular formula is C7H13NO4S. The van der Waals surface area contributed by atoms with Crippen molar-refractivity contribution in [1.29, 1.82) is 0 Å². The van der Waals surface area contributed by atoms with Crippen molar-refractivity contribution in [1.82, 2.24) is 5.48 Å². The van der Waals surface area contributed by atoms with Crippen LogP contribution in [0.15, 0.2) is 12.7 Å². The molecule has 0 heterocycles. The summed E-state index contributed by atoms with van der Waals surface area (Å²) < 4.78 is 25.6. The Bertz CT molecular complexity index is 299. The number of carbonyl (C=O) groups excluding carboxylic acids is 1. The number of carbonyl (C=O) groups is 1. The lowest BCUT2D eigenvalue weighted by Crippen LogP contribution is -2.36. The minimum absolute atomic E-state index is 0.701. The van der Waals surface area contributed by atoms with E-state index in [1.54, 1.807) is 5.48 Å². The molecule has 76 valence electrons. The van der Waals surface area contributed by atoms with Crippen molar-refractivity contribution in [3.05, 3.63) is 12.7 Å². The number of amides is 1. The van der Waals surface area contributed by atoms with E-state index in [4.69, 9.17) is 0 Å². The summed E-state index contributed by atoms with van der Waals surface area (Å²) in [6, 6.07) is 0. The Morgan fingerprint density at radius 3 is 2.23 bits per heavy atom. The second-order valence-electron chi connectivity index (χ2n) is 3.32. The highest BCUT2D eigenvalue weighted by Gasteiger charge is 2.30. The van der Waals surface area contributed by atoms with Gasteiger partial charge in [-0.15, -0.1) is 4.28 Å². The Morgan fingerprint density at radius 2 is 1.92 bits per heavy atom. The summed E-state index contributed by atoms with van der Waals surface area (Å²) in [7, 11) is -3.78. The van der Waals surface area contributed by atoms with Gasteiger partial charge in [-0.25, -0.2) is 5.48 Å². The molecule has 0 atom stereocenters. The molecule has 0 aliphatic rings. The first-order valence-electron chi connectivity index (χ1n) is 3.56. The lowest BCUT2D eigenvalue weighted by molar-refractivity contribution is -0.122. The molecule has 0 bridgehead atoms. The maximum absolute atomic E-state index is 11.2. The van der Waals surface area contributed by atoms with Gasteiger partial charge >= 0.3 is 0 Å². The topological polar surface area (TPSA) is 72.5 Å². The normalized spacial score (nSPS) is 12.2. The van der Waals surface area contributed by atoms with Crippen LogP contribution in [-0.4, -0.2) is 19.1 Å². The summed E-state index contributed by atoms with van der Waals surface area (Å²) in [5, 5.41) is 0. The van der Waals surface area contributed by atoms with Gasteiger partial charge in [-0.1, -0.05) is 6.58 Å². The molecule has 13 heavy (non-hydrogen) atoms. The summed E-state index contributed by atoms with van der Waals surface area (Å²) >= 11 is 0. The standard InChI is InChI=1S/C7H13NO4S/c1-5-6(9)8-12-13(10,11)7(2,3)4/h5H,1H2,2-4H3,(H,8,9). The molecule has 1 N–H and O–H groups in total. The zero-order chi connectivity index (χ0) is 10.7. The molecule has 6 heteroatoms. The lowest BCUT2D eigenvalue weighted by atomic mass is 10.3. The van der Waals surface area contributed by atoms with Gasteiger partial charge in [-0.3, -0.25) is 4.79 Å². The van der Waals surface area contributed by atoms with E-state index < -0.39 is 20.8 Å². The molecule has 0 rings (SSSR count). The molecule has 0 saturated heterocycles. The van der Waals surface area contributed by atoms with Crippen molar-refractivity contribution in [3.63, 3.8) is 0 Å². The average molecular weight is 207 g/mol. The molecule has 0 aliphatic heterocycles. The molecule has 0 aliphatic carbocycles. The van der Waals surface area contributed by atoms with Gasteiger partial charge in [-0.2, -0.15) is 8.42 Å². The van der Waals surface area contributed by atoms with E-state index in [1.807, 2.05) is 0 Å². The SMILES string of the molecule is C=CC(=O)NOS(=O)(=O)C(C)(C)C. The van der Waals surface area contributed by atoms with Gasteiger partial charge in [0.1, 0.15) is 0 Å². The number of rotatable bonds is 3. The summed E-state index contributed by atoms with van der Waals surface area (Å²) in [5.41, 5.74) is 1.73. The smallest absolute Gasteiger partial charge is 0.268 e. The maximum Gasteiger partial charge on any atom is 0.292 e. The third-order valence-electron chi connectivity index (χ3n) is 1.19. The van der Waals surface area contributed by atoms with Crippen LogP contribution < -0.4 is 5.48 Å². The highest BCUT2D eigenvalue weighted by atomic mass is 32.2. The van der Waals surface area contributed by atoms with E-state index >= 15 is 0 Å². The second kappa shape index (κ2) is 3.89. The number of hydrogen-bond donors (Lipinski definition) is 1. The van der Waals surface area contributed by atoms with Crippen LogP contribution in [0.5, 0.6) is 0 Å². The predicted octanol–water partition coefficient (Wildman–Crippen LogP) is 0.349. The van der Waals surface area contributed by atoms with E-state index in [0.717, 1.165) is 6.08 Å². The van der Waals surface area contributed by atoms with Gasteiger partial charge in [0.15, 0.2) is 0 Å². The zero-order valence-electron chi connectivity index (χ0n) is 7.83. The monoisotopic (exact) mass is 207 g/mol. The maximum atomic E-state index is 11.2. The van der Waals surface area contributed by atoms with Crippen molar-refractivity contribution in [3.8, 4) is 0 Å². The number of hydroxylamine groups is 1. The Kier molecular flexibility index (Phi) is 3.62. The van der Waals surface area contributed by atoms with Crippen LogP contribution in [0.25, 0.3) is 0 Å². The van der Waals surface area contributed by atoms with Crippen LogP contribution in [0.3, 0.4) is 0 Å². The Hall–Kier alpha value is -0.880. The first kappa shape index (κ1) is 12.1. The van der Waals surface area contributed by atoms with Crippen molar-refractivity contribution in [2.45, 2.75) is 25.5 Å². The zero-order valence-corrected chi connectivity index (χ0v) is 8.64. The highest BCUT2D eigenvalue weighted by molar-refractivity contribution is 7.88. The minimum atomic E-state index is -3.78. The van der Waals surface area contributed by atoms with E-state index in [1.165, 1.54) is 20.8 Å². The fraction of sp³-hybridized carbons (Fsp3) is 0.571. The van der Waals surface area contributed by atoms with Crippen molar-refractivity contribution >= 4 is 16.0 Å². The summed E-state index contributed by atoms with van der Waals surface area (Å²) in [5.74, 6) is -0.701. The molecule has 0 fully saturated rings. The fourth-order valence-corrected chi connectivity index (χ4v) is 0.704. The fourth-order valence-electron chi connectivity index (χ4n) is 0.263. The predicted molar refractivity (Wildman–Crippen MR) is 48.1 cm³/mol. The molecule has 1 amide bonds. The van der Waals surface area contributed by atoms with Gasteiger partial charge in [-0.05, 0) is 26.8 Å². The summed E-state index contributed by atoms with van der Waals surface area (Å²) in [4.78, 5) is 10.6. The molecule has 0 aromatic carbocycles. The second-order valence-corrected chi connectivity index (χ2v) is 5.62. The molecular weight excluding hydrogens is 194 g/mol. The van der Waals surface area contributed by atoms with Crippen molar-refractivity contribution in [2.24, 2.45) is 0 Å². The van der Waals surface area contributed by atoms with E-state index in [0.29, 0.717) is 0 Å². The van der Waals surface area contributed by atoms with Gasteiger partial charge in [0.05, 0.1) is 4.75 Å². The largest absolute Gasteiger partial charge is 0.292 e. The van der Waals surface area contributed by atoms with E-state index in [-0.39, 0.29) is 0 Å². The van der Waals surface area contributed by atoms with Crippen LogP contribution in [0.2, 0.25) is 0 Å². The molecule has 0 aromatic rings. The average Bonchev–Trinajstić information content (AvgIpc) is 1.98. The lowest BCUT2D eigenvalue weighted by Gasteiger charge is -2.17. The molecule has 5 nitrogen and oxygen atoms in total. The molecule has 0 unspecified atom stereocenters. The third kappa shape index (κ3) is 3.56. The summed E-state index contributed by atoms with van der Waals surface area (Å²) in [6.45, 7) is 7.52. The highest BCUT2D eigenvalue weighted by Crippen LogP contribution is 2.15. The first-order valence-corrected chi connectivity index (χ1v) is 4.97. The van der Waals surface area contributed by atoms with Crippen LogP contribution in [0.1, 0.15) is 20.8 Å². The minimum Gasteiger partial charge on any atom is -0.268 e. The van der Waals surface area contributed by atoms with Gasteiger partial charge in [0.25, 0.3) is 16.0 Å². The van der Waals surface area contributed by atoms with Crippen molar-refractivity contribution in [2.75, 3.05) is 0 Å². The van der Waals surface area contributed by atoms with E-state index in [2.05, 4.69) is 10.9 Å². The van der Waals surface area contributed by atoms with Gasteiger partial charge in [0.2, 0.25) is 0 Å². The van der Waals surface area contributed by atoms with Crippen LogP contribution in [0.4, 0.5) is 0 Å². The molecule has 0 aromatic heterocycles. The quantitative estimate of drug-likeness (QED) is 0.535.